The van der Waals surface area contributed by atoms with E-state index in [1.54, 1.807) is 10.7 Å². The van der Waals surface area contributed by atoms with Gasteiger partial charge >= 0.3 is 0 Å². The van der Waals surface area contributed by atoms with Gasteiger partial charge in [0.2, 0.25) is 11.8 Å². The molecule has 1 aromatic heterocycles. The summed E-state index contributed by atoms with van der Waals surface area (Å²) >= 11 is 5.93. The van der Waals surface area contributed by atoms with E-state index in [1.807, 2.05) is 42.6 Å². The van der Waals surface area contributed by atoms with Crippen molar-refractivity contribution >= 4 is 29.3 Å². The van der Waals surface area contributed by atoms with E-state index >= 15 is 0 Å². The Morgan fingerprint density at radius 1 is 1.10 bits per heavy atom. The Morgan fingerprint density at radius 3 is 2.68 bits per heavy atom. The van der Waals surface area contributed by atoms with E-state index in [0.29, 0.717) is 35.7 Å². The molecule has 3 amide bonds. The monoisotopic (exact) mass is 435 g/mol. The molecule has 1 saturated heterocycles. The van der Waals surface area contributed by atoms with Crippen molar-refractivity contribution in [2.24, 2.45) is 0 Å². The third kappa shape index (κ3) is 3.70. The second-order valence-corrected chi connectivity index (χ2v) is 8.14. The second-order valence-electron chi connectivity index (χ2n) is 7.70. The van der Waals surface area contributed by atoms with Crippen LogP contribution in [0.3, 0.4) is 0 Å². The van der Waals surface area contributed by atoms with Gasteiger partial charge in [-0.05, 0) is 41.8 Å². The van der Waals surface area contributed by atoms with Crippen LogP contribution >= 0.6 is 11.6 Å². The fraction of sp³-hybridized carbons (Fsp3) is 0.227. The maximum absolute atomic E-state index is 13.0. The molecule has 0 spiro atoms. The van der Waals surface area contributed by atoms with Crippen molar-refractivity contribution in [1.29, 1.82) is 0 Å². The van der Waals surface area contributed by atoms with Gasteiger partial charge in [0.1, 0.15) is 6.04 Å². The maximum atomic E-state index is 13.0. The number of hydrogen-bond acceptors (Lipinski definition) is 5. The quantitative estimate of drug-likeness (QED) is 0.634. The highest BCUT2D eigenvalue weighted by molar-refractivity contribution is 6.30. The number of hydrogen-bond donors (Lipinski definition) is 1. The average molecular weight is 436 g/mol. The molecule has 0 bridgehead atoms. The smallest absolute Gasteiger partial charge is 0.255 e. The second kappa shape index (κ2) is 7.63. The van der Waals surface area contributed by atoms with Crippen LogP contribution in [0.1, 0.15) is 40.0 Å². The summed E-state index contributed by atoms with van der Waals surface area (Å²) in [7, 11) is 0. The summed E-state index contributed by atoms with van der Waals surface area (Å²) in [6.07, 6.45) is 3.02. The summed E-state index contributed by atoms with van der Waals surface area (Å²) in [6, 6.07) is 12.4. The Balaban J connectivity index is 1.35. The third-order valence-corrected chi connectivity index (χ3v) is 5.87. The zero-order valence-electron chi connectivity index (χ0n) is 16.4. The molecule has 0 saturated carbocycles. The van der Waals surface area contributed by atoms with Crippen molar-refractivity contribution in [2.75, 3.05) is 0 Å². The van der Waals surface area contributed by atoms with Crippen LogP contribution in [0, 0.1) is 0 Å². The van der Waals surface area contributed by atoms with Crippen molar-refractivity contribution in [3.05, 3.63) is 76.1 Å². The van der Waals surface area contributed by atoms with Crippen molar-refractivity contribution in [1.82, 2.24) is 25.2 Å². The highest BCUT2D eigenvalue weighted by Crippen LogP contribution is 2.29. The van der Waals surface area contributed by atoms with Crippen molar-refractivity contribution in [3.8, 4) is 5.69 Å². The van der Waals surface area contributed by atoms with Crippen LogP contribution in [-0.2, 0) is 22.6 Å². The third-order valence-electron chi connectivity index (χ3n) is 5.62. The fourth-order valence-corrected chi connectivity index (χ4v) is 4.13. The van der Waals surface area contributed by atoms with E-state index in [1.165, 1.54) is 4.90 Å². The van der Waals surface area contributed by atoms with E-state index in [0.717, 1.165) is 16.8 Å². The maximum Gasteiger partial charge on any atom is 0.255 e. The number of nitrogens with one attached hydrogen (secondary N) is 1. The van der Waals surface area contributed by atoms with E-state index in [-0.39, 0.29) is 18.2 Å². The summed E-state index contributed by atoms with van der Waals surface area (Å²) in [5.41, 5.74) is 3.96. The first kappa shape index (κ1) is 19.4. The van der Waals surface area contributed by atoms with Gasteiger partial charge < -0.3 is 4.90 Å². The van der Waals surface area contributed by atoms with E-state index in [2.05, 4.69) is 15.6 Å². The van der Waals surface area contributed by atoms with Gasteiger partial charge in [0, 0.05) is 30.0 Å². The van der Waals surface area contributed by atoms with Gasteiger partial charge in [-0.2, -0.15) is 0 Å². The van der Waals surface area contributed by atoms with Crippen molar-refractivity contribution < 1.29 is 14.4 Å². The number of carbonyl (C=O) groups excluding carboxylic acids is 3. The number of amides is 3. The Hall–Kier alpha value is -3.52. The van der Waals surface area contributed by atoms with Crippen LogP contribution in [0.15, 0.2) is 48.7 Å². The molecule has 3 aromatic rings. The number of carbonyl (C=O) groups is 3. The van der Waals surface area contributed by atoms with Crippen LogP contribution in [0.5, 0.6) is 0 Å². The number of nitrogens with zero attached hydrogens (tertiary/aromatic N) is 4. The zero-order valence-corrected chi connectivity index (χ0v) is 17.2. The molecule has 1 atom stereocenters. The summed E-state index contributed by atoms with van der Waals surface area (Å²) in [5, 5.41) is 11.4. The highest BCUT2D eigenvalue weighted by atomic mass is 35.5. The molecule has 31 heavy (non-hydrogen) atoms. The molecule has 1 unspecified atom stereocenters. The van der Waals surface area contributed by atoms with E-state index < -0.39 is 11.9 Å². The molecule has 5 rings (SSSR count). The van der Waals surface area contributed by atoms with E-state index in [4.69, 9.17) is 11.6 Å². The number of halogens is 1. The predicted molar refractivity (Wildman–Crippen MR) is 112 cm³/mol. The lowest BCUT2D eigenvalue weighted by Crippen LogP contribution is -2.52. The summed E-state index contributed by atoms with van der Waals surface area (Å²) in [4.78, 5) is 38.1. The van der Waals surface area contributed by atoms with Crippen LogP contribution in [0.2, 0.25) is 5.02 Å². The highest BCUT2D eigenvalue weighted by Gasteiger charge is 2.39. The molecule has 2 aromatic carbocycles. The Bertz CT molecular complexity index is 1200. The van der Waals surface area contributed by atoms with Crippen molar-refractivity contribution in [2.45, 2.75) is 31.8 Å². The lowest BCUT2D eigenvalue weighted by atomic mass is 10.0. The zero-order chi connectivity index (χ0) is 21.5. The van der Waals surface area contributed by atoms with Gasteiger partial charge in [-0.15, -0.1) is 5.10 Å². The standard InChI is InChI=1S/C22H18ClN5O3/c23-15-4-1-13(2-5-15)9-16-12-28(26-25-16)17-6-3-14-11-27(22(31)18(14)10-17)19-7-8-20(29)24-21(19)30/h1-6,10,12,19H,7-9,11H2,(H,24,29,30). The van der Waals surface area contributed by atoms with Gasteiger partial charge in [-0.3, -0.25) is 19.7 Å². The number of piperidine rings is 1. The summed E-state index contributed by atoms with van der Waals surface area (Å²) in [5.74, 6) is -0.929. The fourth-order valence-electron chi connectivity index (χ4n) is 4.00. The van der Waals surface area contributed by atoms with Gasteiger partial charge in [-0.25, -0.2) is 4.68 Å². The van der Waals surface area contributed by atoms with Crippen LogP contribution < -0.4 is 5.32 Å². The Morgan fingerprint density at radius 2 is 1.90 bits per heavy atom. The topological polar surface area (TPSA) is 97.2 Å². The molecular weight excluding hydrogens is 418 g/mol. The normalized spacial score (nSPS) is 18.3. The lowest BCUT2D eigenvalue weighted by Gasteiger charge is -2.29. The number of aromatic nitrogens is 3. The first-order valence-corrected chi connectivity index (χ1v) is 10.3. The molecule has 0 aliphatic carbocycles. The molecule has 156 valence electrons. The average Bonchev–Trinajstić information content (AvgIpc) is 3.34. The van der Waals surface area contributed by atoms with Gasteiger partial charge in [-0.1, -0.05) is 35.0 Å². The molecule has 2 aliphatic rings. The molecular formula is C22H18ClN5O3. The molecule has 1 fully saturated rings. The molecule has 0 radical (unpaired) electrons. The first-order valence-electron chi connectivity index (χ1n) is 9.91. The van der Waals surface area contributed by atoms with Gasteiger partial charge in [0.05, 0.1) is 17.6 Å². The molecule has 9 heteroatoms. The van der Waals surface area contributed by atoms with E-state index in [9.17, 15) is 14.4 Å². The number of imide groups is 1. The number of rotatable bonds is 4. The Labute approximate surface area is 182 Å². The molecule has 8 nitrogen and oxygen atoms in total. The molecule has 2 aliphatic heterocycles. The summed E-state index contributed by atoms with van der Waals surface area (Å²) in [6.45, 7) is 0.347. The lowest BCUT2D eigenvalue weighted by molar-refractivity contribution is -0.136. The van der Waals surface area contributed by atoms with Gasteiger partial charge in [0.25, 0.3) is 5.91 Å². The van der Waals surface area contributed by atoms with Crippen LogP contribution in [-0.4, -0.2) is 43.7 Å². The first-order chi connectivity index (χ1) is 15.0. The molecule has 1 N–H and O–H groups in total. The van der Waals surface area contributed by atoms with Gasteiger partial charge in [0.15, 0.2) is 0 Å². The minimum atomic E-state index is -0.626. The Kier molecular flexibility index (Phi) is 4.78. The molecule has 3 heterocycles. The van der Waals surface area contributed by atoms with Crippen LogP contribution in [0.4, 0.5) is 0 Å². The minimum Gasteiger partial charge on any atom is -0.322 e. The largest absolute Gasteiger partial charge is 0.322 e. The minimum absolute atomic E-state index is 0.215. The number of benzene rings is 2. The summed E-state index contributed by atoms with van der Waals surface area (Å²) < 4.78 is 1.63. The van der Waals surface area contributed by atoms with Crippen LogP contribution in [0.25, 0.3) is 5.69 Å². The predicted octanol–water partition coefficient (Wildman–Crippen LogP) is 2.27. The SMILES string of the molecule is O=C1CCC(N2Cc3ccc(-n4cc(Cc5ccc(Cl)cc5)nn4)cc3C2=O)C(=O)N1. The van der Waals surface area contributed by atoms with Crippen molar-refractivity contribution in [3.63, 3.8) is 0 Å². The number of fused-ring (bicyclic) bond motifs is 1.